The summed E-state index contributed by atoms with van der Waals surface area (Å²) in [4.78, 5) is 12.4. The van der Waals surface area contributed by atoms with Crippen molar-refractivity contribution in [1.82, 2.24) is 5.32 Å². The molecule has 21 heavy (non-hydrogen) atoms. The Kier molecular flexibility index (Phi) is 4.01. The van der Waals surface area contributed by atoms with Gasteiger partial charge in [-0.25, -0.2) is 0 Å². The number of para-hydroxylation sites is 1. The molecule has 5 nitrogen and oxygen atoms in total. The zero-order valence-corrected chi connectivity index (χ0v) is 12.2. The topological polar surface area (TPSA) is 73.6 Å². The average Bonchev–Trinajstić information content (AvgIpc) is 3.01. The van der Waals surface area contributed by atoms with E-state index in [-0.39, 0.29) is 11.3 Å². The van der Waals surface area contributed by atoms with E-state index >= 15 is 0 Å². The maximum absolute atomic E-state index is 12.4. The van der Waals surface area contributed by atoms with Crippen LogP contribution in [0.2, 0.25) is 0 Å². The highest BCUT2D eigenvalue weighted by molar-refractivity contribution is 5.97. The number of nitrogens with one attached hydrogen (secondary N) is 1. The molecule has 114 valence electrons. The van der Waals surface area contributed by atoms with E-state index in [0.717, 1.165) is 12.8 Å². The summed E-state index contributed by atoms with van der Waals surface area (Å²) in [5.74, 6) is 1.08. The minimum absolute atomic E-state index is 0.0713. The fourth-order valence-corrected chi connectivity index (χ4v) is 3.19. The molecule has 1 fully saturated rings. The molecule has 1 aromatic carbocycles. The number of carbonyl (C=O) groups excluding carboxylic acids is 1. The van der Waals surface area contributed by atoms with Crippen molar-refractivity contribution in [2.45, 2.75) is 25.7 Å². The molecule has 0 bridgehead atoms. The summed E-state index contributed by atoms with van der Waals surface area (Å²) in [6.07, 6.45) is 4.59. The molecule has 2 aliphatic rings. The molecule has 1 aromatic rings. The van der Waals surface area contributed by atoms with Crippen LogP contribution in [0.1, 0.15) is 36.0 Å². The van der Waals surface area contributed by atoms with Crippen LogP contribution in [0.3, 0.4) is 0 Å². The Morgan fingerprint density at radius 2 is 2.00 bits per heavy atom. The van der Waals surface area contributed by atoms with Crippen molar-refractivity contribution >= 4 is 5.91 Å². The molecule has 1 aliphatic carbocycles. The number of hydrogen-bond acceptors (Lipinski definition) is 4. The number of hydrogen-bond donors (Lipinski definition) is 2. The van der Waals surface area contributed by atoms with Gasteiger partial charge in [-0.2, -0.15) is 0 Å². The van der Waals surface area contributed by atoms with Gasteiger partial charge in [0.05, 0.1) is 5.56 Å². The normalized spacial score (nSPS) is 19.3. The lowest BCUT2D eigenvalue weighted by atomic mass is 9.86. The molecule has 1 heterocycles. The Morgan fingerprint density at radius 3 is 2.76 bits per heavy atom. The van der Waals surface area contributed by atoms with Gasteiger partial charge in [0.2, 0.25) is 0 Å². The van der Waals surface area contributed by atoms with Crippen LogP contribution in [0.4, 0.5) is 0 Å². The molecule has 0 aromatic heterocycles. The first kappa shape index (κ1) is 14.2. The second-order valence-corrected chi connectivity index (χ2v) is 5.92. The second kappa shape index (κ2) is 5.93. The van der Waals surface area contributed by atoms with Crippen molar-refractivity contribution in [3.63, 3.8) is 0 Å². The van der Waals surface area contributed by atoms with Crippen LogP contribution in [0, 0.1) is 5.41 Å². The van der Waals surface area contributed by atoms with E-state index in [1.807, 2.05) is 12.1 Å². The number of fused-ring (bicyclic) bond motifs is 1. The first-order chi connectivity index (χ1) is 10.2. The van der Waals surface area contributed by atoms with Crippen LogP contribution in [0.5, 0.6) is 11.5 Å². The zero-order valence-electron chi connectivity index (χ0n) is 12.2. The summed E-state index contributed by atoms with van der Waals surface area (Å²) >= 11 is 0. The minimum Gasteiger partial charge on any atom is -0.486 e. The molecule has 3 rings (SSSR count). The molecule has 0 atom stereocenters. The van der Waals surface area contributed by atoms with E-state index < -0.39 is 0 Å². The molecular formula is C16H22N2O3. The van der Waals surface area contributed by atoms with Crippen LogP contribution in [-0.4, -0.2) is 32.2 Å². The number of amides is 1. The molecular weight excluding hydrogens is 268 g/mol. The SMILES string of the molecule is NCC1(CNC(=O)c2cccc3c2OCCO3)CCCC1. The highest BCUT2D eigenvalue weighted by Crippen LogP contribution is 2.37. The quantitative estimate of drug-likeness (QED) is 0.885. The lowest BCUT2D eigenvalue weighted by molar-refractivity contribution is 0.0921. The first-order valence-electron chi connectivity index (χ1n) is 7.61. The molecule has 0 spiro atoms. The van der Waals surface area contributed by atoms with Crippen molar-refractivity contribution in [2.75, 3.05) is 26.3 Å². The van der Waals surface area contributed by atoms with Gasteiger partial charge in [-0.3, -0.25) is 4.79 Å². The fourth-order valence-electron chi connectivity index (χ4n) is 3.19. The van der Waals surface area contributed by atoms with E-state index in [9.17, 15) is 4.79 Å². The highest BCUT2D eigenvalue weighted by Gasteiger charge is 2.33. The van der Waals surface area contributed by atoms with Gasteiger partial charge in [-0.05, 0) is 36.9 Å². The van der Waals surface area contributed by atoms with Gasteiger partial charge >= 0.3 is 0 Å². The Balaban J connectivity index is 1.71. The van der Waals surface area contributed by atoms with E-state index in [0.29, 0.717) is 43.4 Å². The van der Waals surface area contributed by atoms with Crippen molar-refractivity contribution in [3.05, 3.63) is 23.8 Å². The number of ether oxygens (including phenoxy) is 2. The van der Waals surface area contributed by atoms with Gasteiger partial charge < -0.3 is 20.5 Å². The first-order valence-corrected chi connectivity index (χ1v) is 7.61. The summed E-state index contributed by atoms with van der Waals surface area (Å²) in [5, 5.41) is 3.03. The second-order valence-electron chi connectivity index (χ2n) is 5.92. The standard InChI is InChI=1S/C16H22N2O3/c17-10-16(6-1-2-7-16)11-18-15(19)12-4-3-5-13-14(12)21-9-8-20-13/h3-5H,1-2,6-11,17H2,(H,18,19). The third-order valence-electron chi connectivity index (χ3n) is 4.53. The summed E-state index contributed by atoms with van der Waals surface area (Å²) in [7, 11) is 0. The predicted octanol–water partition coefficient (Wildman–Crippen LogP) is 1.71. The van der Waals surface area contributed by atoms with Gasteiger partial charge in [0.25, 0.3) is 5.91 Å². The Bertz CT molecular complexity index is 524. The minimum atomic E-state index is -0.114. The molecule has 5 heteroatoms. The summed E-state index contributed by atoms with van der Waals surface area (Å²) in [6, 6.07) is 5.41. The maximum atomic E-state index is 12.4. The summed E-state index contributed by atoms with van der Waals surface area (Å²) in [5.41, 5.74) is 6.52. The smallest absolute Gasteiger partial charge is 0.255 e. The number of carbonyl (C=O) groups is 1. The summed E-state index contributed by atoms with van der Waals surface area (Å²) < 4.78 is 11.1. The third-order valence-corrected chi connectivity index (χ3v) is 4.53. The van der Waals surface area contributed by atoms with Gasteiger partial charge in [0.1, 0.15) is 13.2 Å². The Labute approximate surface area is 124 Å². The van der Waals surface area contributed by atoms with Crippen LogP contribution < -0.4 is 20.5 Å². The van der Waals surface area contributed by atoms with E-state index in [1.54, 1.807) is 6.07 Å². The number of benzene rings is 1. The number of nitrogens with two attached hydrogens (primary N) is 1. The van der Waals surface area contributed by atoms with Crippen molar-refractivity contribution in [3.8, 4) is 11.5 Å². The molecule has 0 radical (unpaired) electrons. The lowest BCUT2D eigenvalue weighted by Crippen LogP contribution is -2.40. The van der Waals surface area contributed by atoms with Crippen molar-refractivity contribution < 1.29 is 14.3 Å². The van der Waals surface area contributed by atoms with Crippen molar-refractivity contribution in [1.29, 1.82) is 0 Å². The van der Waals surface area contributed by atoms with Crippen LogP contribution in [-0.2, 0) is 0 Å². The van der Waals surface area contributed by atoms with Crippen LogP contribution in [0.15, 0.2) is 18.2 Å². The molecule has 0 unspecified atom stereocenters. The van der Waals surface area contributed by atoms with Gasteiger partial charge in [-0.15, -0.1) is 0 Å². The van der Waals surface area contributed by atoms with Gasteiger partial charge in [-0.1, -0.05) is 18.9 Å². The van der Waals surface area contributed by atoms with E-state index in [2.05, 4.69) is 5.32 Å². The fraction of sp³-hybridized carbons (Fsp3) is 0.562. The van der Waals surface area contributed by atoms with Crippen LogP contribution >= 0.6 is 0 Å². The number of rotatable bonds is 4. The molecule has 1 amide bonds. The predicted molar refractivity (Wildman–Crippen MR) is 79.7 cm³/mol. The average molecular weight is 290 g/mol. The third kappa shape index (κ3) is 2.83. The molecule has 3 N–H and O–H groups in total. The molecule has 1 saturated carbocycles. The molecule has 1 aliphatic heterocycles. The van der Waals surface area contributed by atoms with Crippen molar-refractivity contribution in [2.24, 2.45) is 11.1 Å². The highest BCUT2D eigenvalue weighted by atomic mass is 16.6. The summed E-state index contributed by atoms with van der Waals surface area (Å²) in [6.45, 7) is 2.25. The zero-order chi connectivity index (χ0) is 14.7. The van der Waals surface area contributed by atoms with E-state index in [4.69, 9.17) is 15.2 Å². The van der Waals surface area contributed by atoms with Gasteiger partial charge in [0.15, 0.2) is 11.5 Å². The van der Waals surface area contributed by atoms with Gasteiger partial charge in [0, 0.05) is 6.54 Å². The van der Waals surface area contributed by atoms with Crippen LogP contribution in [0.25, 0.3) is 0 Å². The maximum Gasteiger partial charge on any atom is 0.255 e. The van der Waals surface area contributed by atoms with E-state index in [1.165, 1.54) is 12.8 Å². The Morgan fingerprint density at radius 1 is 1.24 bits per heavy atom. The monoisotopic (exact) mass is 290 g/mol. The Hall–Kier alpha value is -1.75. The lowest BCUT2D eigenvalue weighted by Gasteiger charge is -2.27. The molecule has 0 saturated heterocycles. The largest absolute Gasteiger partial charge is 0.486 e.